The summed E-state index contributed by atoms with van der Waals surface area (Å²) in [6.45, 7) is 0.840. The summed E-state index contributed by atoms with van der Waals surface area (Å²) in [7, 11) is -3.20. The van der Waals surface area contributed by atoms with Crippen molar-refractivity contribution in [1.82, 2.24) is 10.2 Å². The Morgan fingerprint density at radius 3 is 2.09 bits per heavy atom. The Bertz CT molecular complexity index is 1750. The lowest BCUT2D eigenvalue weighted by molar-refractivity contribution is -0.139. The highest BCUT2D eigenvalue weighted by molar-refractivity contribution is 7.92. The Balaban J connectivity index is 1.85. The zero-order valence-electron chi connectivity index (χ0n) is 24.5. The van der Waals surface area contributed by atoms with E-state index in [0.29, 0.717) is 15.9 Å². The highest BCUT2D eigenvalue weighted by atomic mass is 35.5. The van der Waals surface area contributed by atoms with Crippen molar-refractivity contribution >= 4 is 39.1 Å². The van der Waals surface area contributed by atoms with E-state index >= 15 is 0 Å². The Morgan fingerprint density at radius 2 is 1.49 bits per heavy atom. The van der Waals surface area contributed by atoms with Crippen molar-refractivity contribution < 1.29 is 31.2 Å². The number of carbonyl (C=O) groups is 2. The average Bonchev–Trinajstić information content (AvgIpc) is 3.01. The van der Waals surface area contributed by atoms with E-state index in [1.54, 1.807) is 48.5 Å². The molecule has 1 N–H and O–H groups in total. The second kappa shape index (κ2) is 14.2. The van der Waals surface area contributed by atoms with E-state index in [9.17, 15) is 31.2 Å². The number of amides is 2. The molecule has 4 aromatic rings. The maximum absolute atomic E-state index is 14.3. The number of nitrogens with zero attached hydrogens (tertiary/aromatic N) is 2. The number of rotatable bonds is 11. The minimum Gasteiger partial charge on any atom is -0.357 e. The van der Waals surface area contributed by atoms with E-state index in [1.165, 1.54) is 36.2 Å². The summed E-state index contributed by atoms with van der Waals surface area (Å²) in [5.41, 5.74) is 0.622. The Labute approximate surface area is 265 Å². The molecule has 0 heterocycles. The number of benzene rings is 4. The number of hydrogen-bond acceptors (Lipinski definition) is 4. The summed E-state index contributed by atoms with van der Waals surface area (Å²) in [5, 5.41) is 2.27. The van der Waals surface area contributed by atoms with Crippen molar-refractivity contribution in [2.24, 2.45) is 0 Å². The van der Waals surface area contributed by atoms with Crippen molar-refractivity contribution in [1.29, 1.82) is 0 Å². The lowest BCUT2D eigenvalue weighted by atomic mass is 10.0. The van der Waals surface area contributed by atoms with Crippen LogP contribution in [0.1, 0.15) is 22.3 Å². The fourth-order valence-corrected chi connectivity index (χ4v) is 6.56. The first-order valence-electron chi connectivity index (χ1n) is 13.9. The summed E-state index contributed by atoms with van der Waals surface area (Å²) in [6.07, 6.45) is -4.73. The molecule has 2 amide bonds. The van der Waals surface area contributed by atoms with Gasteiger partial charge in [-0.25, -0.2) is 8.42 Å². The van der Waals surface area contributed by atoms with Crippen LogP contribution in [0.2, 0.25) is 5.02 Å². The minimum absolute atomic E-state index is 0.0824. The van der Waals surface area contributed by atoms with Crippen LogP contribution in [-0.2, 0) is 38.8 Å². The molecule has 236 valence electrons. The Hall–Kier alpha value is -4.35. The predicted molar refractivity (Wildman–Crippen MR) is 167 cm³/mol. The number of likely N-dealkylation sites (N-methyl/N-ethyl adjacent to an activating group) is 1. The third-order valence-corrected chi connectivity index (χ3v) is 9.20. The summed E-state index contributed by atoms with van der Waals surface area (Å²) in [4.78, 5) is 28.6. The van der Waals surface area contributed by atoms with Crippen molar-refractivity contribution in [2.75, 3.05) is 17.9 Å². The van der Waals surface area contributed by atoms with Gasteiger partial charge in [-0.05, 0) is 48.4 Å². The Kier molecular flexibility index (Phi) is 10.6. The molecule has 0 radical (unpaired) electrons. The molecule has 0 fully saturated rings. The third kappa shape index (κ3) is 8.23. The van der Waals surface area contributed by atoms with Crippen molar-refractivity contribution in [2.45, 2.75) is 37.0 Å². The van der Waals surface area contributed by atoms with E-state index in [-0.39, 0.29) is 22.9 Å². The van der Waals surface area contributed by atoms with Crippen LogP contribution in [0.3, 0.4) is 0 Å². The molecule has 0 aliphatic rings. The molecule has 12 heteroatoms. The van der Waals surface area contributed by atoms with E-state index in [0.717, 1.165) is 23.3 Å². The topological polar surface area (TPSA) is 86.8 Å². The van der Waals surface area contributed by atoms with Crippen LogP contribution in [0, 0.1) is 6.92 Å². The number of hydrogen-bond donors (Lipinski definition) is 1. The lowest BCUT2D eigenvalue weighted by Gasteiger charge is -2.34. The first kappa shape index (κ1) is 33.5. The molecular weight excluding hydrogens is 627 g/mol. The quantitative estimate of drug-likeness (QED) is 0.207. The zero-order chi connectivity index (χ0) is 32.8. The van der Waals surface area contributed by atoms with Crippen LogP contribution in [0.15, 0.2) is 108 Å². The van der Waals surface area contributed by atoms with Gasteiger partial charge in [0, 0.05) is 20.0 Å². The molecule has 0 aliphatic heterocycles. The summed E-state index contributed by atoms with van der Waals surface area (Å²) in [6, 6.07) is 24.4. The number of anilines is 1. The van der Waals surface area contributed by atoms with Gasteiger partial charge in [0.25, 0.3) is 10.0 Å². The minimum atomic E-state index is -4.82. The maximum Gasteiger partial charge on any atom is 0.416 e. The second-order valence-electron chi connectivity index (χ2n) is 10.3. The van der Waals surface area contributed by atoms with Gasteiger partial charge in [-0.1, -0.05) is 90.0 Å². The molecule has 1 unspecified atom stereocenters. The van der Waals surface area contributed by atoms with Crippen molar-refractivity contribution in [3.05, 3.63) is 130 Å². The molecule has 0 spiro atoms. The largest absolute Gasteiger partial charge is 0.416 e. The molecule has 4 rings (SSSR count). The Morgan fingerprint density at radius 1 is 0.867 bits per heavy atom. The van der Waals surface area contributed by atoms with Gasteiger partial charge in [-0.3, -0.25) is 13.9 Å². The van der Waals surface area contributed by atoms with Crippen LogP contribution >= 0.6 is 11.6 Å². The highest BCUT2D eigenvalue weighted by Crippen LogP contribution is 2.37. The SMILES string of the molecule is CNC(=O)C(Cc1ccccc1)N(Cc1cccc(C)c1)C(=O)CN(c1cc(C(F)(F)F)ccc1Cl)S(=O)(=O)c1ccccc1. The van der Waals surface area contributed by atoms with Crippen LogP contribution in [0.4, 0.5) is 18.9 Å². The second-order valence-corrected chi connectivity index (χ2v) is 12.6. The van der Waals surface area contributed by atoms with Gasteiger partial charge in [0.2, 0.25) is 11.8 Å². The molecule has 0 aromatic heterocycles. The first-order valence-corrected chi connectivity index (χ1v) is 15.7. The molecule has 0 saturated heterocycles. The number of carbonyl (C=O) groups excluding carboxylic acids is 2. The molecule has 4 aromatic carbocycles. The summed E-state index contributed by atoms with van der Waals surface area (Å²) < 4.78 is 69.8. The summed E-state index contributed by atoms with van der Waals surface area (Å²) >= 11 is 6.33. The average molecular weight is 658 g/mol. The van der Waals surface area contributed by atoms with Gasteiger partial charge >= 0.3 is 6.18 Å². The highest BCUT2D eigenvalue weighted by Gasteiger charge is 2.37. The predicted octanol–water partition coefficient (Wildman–Crippen LogP) is 6.25. The molecular formula is C33H31ClF3N3O4S. The van der Waals surface area contributed by atoms with Gasteiger partial charge in [0.15, 0.2) is 0 Å². The number of alkyl halides is 3. The molecule has 0 saturated carbocycles. The maximum atomic E-state index is 14.3. The molecule has 45 heavy (non-hydrogen) atoms. The summed E-state index contributed by atoms with van der Waals surface area (Å²) in [5.74, 6) is -1.33. The molecule has 1 atom stereocenters. The normalized spacial score (nSPS) is 12.3. The van der Waals surface area contributed by atoms with E-state index < -0.39 is 51.9 Å². The van der Waals surface area contributed by atoms with Crippen molar-refractivity contribution in [3.63, 3.8) is 0 Å². The van der Waals surface area contributed by atoms with Gasteiger partial charge in [0.1, 0.15) is 12.6 Å². The molecule has 0 bridgehead atoms. The van der Waals surface area contributed by atoms with E-state index in [1.807, 2.05) is 19.1 Å². The van der Waals surface area contributed by atoms with Crippen LogP contribution in [0.25, 0.3) is 0 Å². The lowest BCUT2D eigenvalue weighted by Crippen LogP contribution is -2.53. The van der Waals surface area contributed by atoms with Gasteiger partial charge in [0.05, 0.1) is 21.2 Å². The van der Waals surface area contributed by atoms with Crippen LogP contribution in [0.5, 0.6) is 0 Å². The number of nitrogens with one attached hydrogen (secondary N) is 1. The van der Waals surface area contributed by atoms with Gasteiger partial charge < -0.3 is 10.2 Å². The third-order valence-electron chi connectivity index (χ3n) is 7.11. The van der Waals surface area contributed by atoms with Crippen molar-refractivity contribution in [3.8, 4) is 0 Å². The van der Waals surface area contributed by atoms with E-state index in [4.69, 9.17) is 11.6 Å². The standard InChI is InChI=1S/C33H31ClF3N3O4S/c1-23-10-9-13-25(18-23)21-39(30(32(42)38-2)19-24-11-5-3-6-12-24)31(41)22-40(45(43,44)27-14-7-4-8-15-27)29-20-26(33(35,36)37)16-17-28(29)34/h3-18,20,30H,19,21-22H2,1-2H3,(H,38,42). The first-order chi connectivity index (χ1) is 21.3. The smallest absolute Gasteiger partial charge is 0.357 e. The zero-order valence-corrected chi connectivity index (χ0v) is 26.0. The number of sulfonamides is 1. The monoisotopic (exact) mass is 657 g/mol. The molecule has 0 aliphatic carbocycles. The van der Waals surface area contributed by atoms with Gasteiger partial charge in [-0.2, -0.15) is 13.2 Å². The van der Waals surface area contributed by atoms with Gasteiger partial charge in [-0.15, -0.1) is 0 Å². The van der Waals surface area contributed by atoms with Crippen LogP contribution in [-0.4, -0.2) is 44.8 Å². The fourth-order valence-electron chi connectivity index (χ4n) is 4.84. The number of halogens is 4. The number of aryl methyl sites for hydroxylation is 1. The fraction of sp³-hybridized carbons (Fsp3) is 0.212. The van der Waals surface area contributed by atoms with E-state index in [2.05, 4.69) is 5.32 Å². The molecule has 7 nitrogen and oxygen atoms in total. The van der Waals surface area contributed by atoms with Crippen LogP contribution < -0.4 is 9.62 Å².